The maximum atomic E-state index is 11.1. The number of carbonyl (C=O) groups is 1. The van der Waals surface area contributed by atoms with Gasteiger partial charge in [0.2, 0.25) is 5.91 Å². The van der Waals surface area contributed by atoms with Crippen molar-refractivity contribution in [2.24, 2.45) is 5.92 Å². The average Bonchev–Trinajstić information content (AvgIpc) is 2.33. The highest BCUT2D eigenvalue weighted by Crippen LogP contribution is 2.18. The highest BCUT2D eigenvalue weighted by atomic mass is 79.9. The molecule has 1 unspecified atom stereocenters. The monoisotopic (exact) mass is 221 g/mol. The highest BCUT2D eigenvalue weighted by Gasteiger charge is 2.27. The molecule has 1 atom stereocenters. The van der Waals surface area contributed by atoms with E-state index in [1.807, 2.05) is 0 Å². The maximum absolute atomic E-state index is 11.1. The Labute approximate surface area is 74.5 Å². The highest BCUT2D eigenvalue weighted by molar-refractivity contribution is 9.09. The third kappa shape index (κ3) is 2.17. The number of halogens is 1. The molecule has 1 rings (SSSR count). The summed E-state index contributed by atoms with van der Waals surface area (Å²) in [6.45, 7) is 1.35. The lowest BCUT2D eigenvalue weighted by Crippen LogP contribution is -2.28. The number of aliphatic hydroxyl groups is 1. The number of rotatable bonds is 3. The summed E-state index contributed by atoms with van der Waals surface area (Å²) < 4.78 is 0. The van der Waals surface area contributed by atoms with Crippen molar-refractivity contribution < 1.29 is 9.90 Å². The molecule has 3 nitrogen and oxygen atoms in total. The van der Waals surface area contributed by atoms with Crippen molar-refractivity contribution >= 4 is 21.8 Å². The molecule has 1 fully saturated rings. The van der Waals surface area contributed by atoms with Gasteiger partial charge in [0.1, 0.15) is 0 Å². The van der Waals surface area contributed by atoms with Crippen molar-refractivity contribution in [2.75, 3.05) is 25.0 Å². The van der Waals surface area contributed by atoms with Crippen LogP contribution in [-0.4, -0.2) is 40.9 Å². The molecule has 1 heterocycles. The van der Waals surface area contributed by atoms with Crippen molar-refractivity contribution in [3.05, 3.63) is 0 Å². The first kappa shape index (κ1) is 9.00. The fourth-order valence-corrected chi connectivity index (χ4v) is 1.73. The first-order valence-corrected chi connectivity index (χ1v) is 4.84. The van der Waals surface area contributed by atoms with Crippen LogP contribution in [0, 0.1) is 5.92 Å². The van der Waals surface area contributed by atoms with Crippen LogP contribution in [0.1, 0.15) is 6.42 Å². The van der Waals surface area contributed by atoms with E-state index in [1.54, 1.807) is 4.90 Å². The smallest absolute Gasteiger partial charge is 0.223 e. The molecule has 4 heteroatoms. The van der Waals surface area contributed by atoms with E-state index in [-0.39, 0.29) is 12.5 Å². The average molecular weight is 222 g/mol. The summed E-state index contributed by atoms with van der Waals surface area (Å²) in [6, 6.07) is 0. The van der Waals surface area contributed by atoms with Crippen LogP contribution >= 0.6 is 15.9 Å². The van der Waals surface area contributed by atoms with Crippen molar-refractivity contribution in [3.8, 4) is 0 Å². The largest absolute Gasteiger partial charge is 0.395 e. The summed E-state index contributed by atoms with van der Waals surface area (Å²) in [5.74, 6) is 0.609. The third-order valence-electron chi connectivity index (χ3n) is 1.88. The molecule has 1 amide bonds. The molecule has 0 aliphatic carbocycles. The van der Waals surface area contributed by atoms with E-state index >= 15 is 0 Å². The summed E-state index contributed by atoms with van der Waals surface area (Å²) in [6.07, 6.45) is 0.630. The number of hydrogen-bond acceptors (Lipinski definition) is 2. The topological polar surface area (TPSA) is 40.5 Å². The Hall–Kier alpha value is -0.0900. The fourth-order valence-electron chi connectivity index (χ4n) is 1.29. The van der Waals surface area contributed by atoms with E-state index in [0.29, 0.717) is 18.9 Å². The normalized spacial score (nSPS) is 24.7. The molecule has 1 aliphatic heterocycles. The maximum Gasteiger partial charge on any atom is 0.223 e. The second-order valence-electron chi connectivity index (χ2n) is 2.79. The minimum Gasteiger partial charge on any atom is -0.395 e. The third-order valence-corrected chi connectivity index (χ3v) is 2.80. The predicted molar refractivity (Wildman–Crippen MR) is 45.6 cm³/mol. The molecule has 1 N–H and O–H groups in total. The number of alkyl halides is 1. The van der Waals surface area contributed by atoms with Gasteiger partial charge in [-0.05, 0) is 5.92 Å². The Balaban J connectivity index is 2.38. The molecule has 0 saturated carbocycles. The molecule has 11 heavy (non-hydrogen) atoms. The number of carbonyl (C=O) groups excluding carboxylic acids is 1. The zero-order valence-electron chi connectivity index (χ0n) is 6.29. The number of nitrogens with zero attached hydrogens (tertiary/aromatic N) is 1. The zero-order chi connectivity index (χ0) is 8.27. The predicted octanol–water partition coefficient (Wildman–Crippen LogP) is 0.222. The molecule has 64 valence electrons. The standard InChI is InChI=1S/C7H12BrNO2/c8-4-6-3-7(11)9(5-6)1-2-10/h6,10H,1-5H2. The number of aliphatic hydroxyl groups excluding tert-OH is 1. The van der Waals surface area contributed by atoms with E-state index in [1.165, 1.54) is 0 Å². The molecule has 0 radical (unpaired) electrons. The molecule has 1 saturated heterocycles. The molecule has 0 bridgehead atoms. The molecule has 0 spiro atoms. The summed E-state index contributed by atoms with van der Waals surface area (Å²) in [7, 11) is 0. The lowest BCUT2D eigenvalue weighted by Gasteiger charge is -2.13. The van der Waals surface area contributed by atoms with Gasteiger partial charge in [0, 0.05) is 24.8 Å². The Morgan fingerprint density at radius 2 is 2.45 bits per heavy atom. The molecule has 0 aromatic carbocycles. The van der Waals surface area contributed by atoms with Crippen LogP contribution in [-0.2, 0) is 4.79 Å². The number of hydrogen-bond donors (Lipinski definition) is 1. The van der Waals surface area contributed by atoms with Crippen molar-refractivity contribution in [3.63, 3.8) is 0 Å². The van der Waals surface area contributed by atoms with Crippen molar-refractivity contribution in [1.29, 1.82) is 0 Å². The number of likely N-dealkylation sites (tertiary alicyclic amines) is 1. The lowest BCUT2D eigenvalue weighted by atomic mass is 10.2. The molecule has 1 aliphatic rings. The fraction of sp³-hybridized carbons (Fsp3) is 0.857. The van der Waals surface area contributed by atoms with Gasteiger partial charge in [-0.2, -0.15) is 0 Å². The van der Waals surface area contributed by atoms with Gasteiger partial charge >= 0.3 is 0 Å². The summed E-state index contributed by atoms with van der Waals surface area (Å²) >= 11 is 3.34. The van der Waals surface area contributed by atoms with Crippen LogP contribution in [0.2, 0.25) is 0 Å². The Kier molecular flexibility index (Phi) is 3.33. The second kappa shape index (κ2) is 4.07. The summed E-state index contributed by atoms with van der Waals surface area (Å²) in [4.78, 5) is 12.8. The van der Waals surface area contributed by atoms with Crippen LogP contribution in [0.5, 0.6) is 0 Å². The van der Waals surface area contributed by atoms with Crippen molar-refractivity contribution in [2.45, 2.75) is 6.42 Å². The van der Waals surface area contributed by atoms with Crippen LogP contribution in [0.25, 0.3) is 0 Å². The molecular formula is C7H12BrNO2. The van der Waals surface area contributed by atoms with Gasteiger partial charge in [-0.15, -0.1) is 0 Å². The quantitative estimate of drug-likeness (QED) is 0.694. The Morgan fingerprint density at radius 3 is 2.91 bits per heavy atom. The van der Waals surface area contributed by atoms with Gasteiger partial charge in [-0.25, -0.2) is 0 Å². The number of amides is 1. The summed E-state index contributed by atoms with van der Waals surface area (Å²) in [5.41, 5.74) is 0. The second-order valence-corrected chi connectivity index (χ2v) is 3.44. The SMILES string of the molecule is O=C1CC(CBr)CN1CCO. The van der Waals surface area contributed by atoms with E-state index in [4.69, 9.17) is 5.11 Å². The van der Waals surface area contributed by atoms with Gasteiger partial charge < -0.3 is 10.0 Å². The van der Waals surface area contributed by atoms with Gasteiger partial charge in [-0.1, -0.05) is 15.9 Å². The van der Waals surface area contributed by atoms with Crippen LogP contribution < -0.4 is 0 Å². The molecule has 0 aromatic rings. The Bertz CT molecular complexity index is 151. The van der Waals surface area contributed by atoms with Gasteiger partial charge in [-0.3, -0.25) is 4.79 Å². The zero-order valence-corrected chi connectivity index (χ0v) is 7.88. The first-order chi connectivity index (χ1) is 5.27. The first-order valence-electron chi connectivity index (χ1n) is 3.72. The van der Waals surface area contributed by atoms with Gasteiger partial charge in [0.25, 0.3) is 0 Å². The van der Waals surface area contributed by atoms with Crippen molar-refractivity contribution in [1.82, 2.24) is 4.90 Å². The molecule has 0 aromatic heterocycles. The minimum atomic E-state index is 0.0702. The lowest BCUT2D eigenvalue weighted by molar-refractivity contribution is -0.128. The van der Waals surface area contributed by atoms with Gasteiger partial charge in [0.15, 0.2) is 0 Å². The summed E-state index contributed by atoms with van der Waals surface area (Å²) in [5, 5.41) is 9.47. The van der Waals surface area contributed by atoms with E-state index in [9.17, 15) is 4.79 Å². The minimum absolute atomic E-state index is 0.0702. The van der Waals surface area contributed by atoms with Crippen LogP contribution in [0.15, 0.2) is 0 Å². The van der Waals surface area contributed by atoms with E-state index in [0.717, 1.165) is 11.9 Å². The number of β-amino-alcohol motifs (C(OH)–C–C–N with tert-alkyl or cyclic N) is 1. The van der Waals surface area contributed by atoms with Crippen LogP contribution in [0.4, 0.5) is 0 Å². The Morgan fingerprint density at radius 1 is 1.73 bits per heavy atom. The van der Waals surface area contributed by atoms with E-state index < -0.39 is 0 Å². The van der Waals surface area contributed by atoms with E-state index in [2.05, 4.69) is 15.9 Å². The van der Waals surface area contributed by atoms with Gasteiger partial charge in [0.05, 0.1) is 6.61 Å². The molecular weight excluding hydrogens is 210 g/mol. The van der Waals surface area contributed by atoms with Crippen LogP contribution in [0.3, 0.4) is 0 Å².